The minimum Gasteiger partial charge on any atom is -0.479 e. The molecular formula is C22H27ClN8O5S. The van der Waals surface area contributed by atoms with E-state index in [0.29, 0.717) is 21.9 Å². The minimum atomic E-state index is -4.10. The van der Waals surface area contributed by atoms with Gasteiger partial charge in [-0.05, 0) is 38.0 Å². The predicted molar refractivity (Wildman–Crippen MR) is 132 cm³/mol. The van der Waals surface area contributed by atoms with Crippen LogP contribution in [0.1, 0.15) is 56.3 Å². The Kier molecular flexibility index (Phi) is 6.66. The molecular weight excluding hydrogens is 524 g/mol. The maximum absolute atomic E-state index is 13.6. The number of sulfonamides is 1. The first kappa shape index (κ1) is 25.5. The summed E-state index contributed by atoms with van der Waals surface area (Å²) in [6.07, 6.45) is 7.38. The molecule has 0 aromatic carbocycles. The maximum Gasteiger partial charge on any atom is 0.245 e. The fourth-order valence-corrected chi connectivity index (χ4v) is 6.03. The third-order valence-electron chi connectivity index (χ3n) is 7.03. The van der Waals surface area contributed by atoms with Crippen molar-refractivity contribution in [3.63, 3.8) is 0 Å². The van der Waals surface area contributed by atoms with E-state index in [-0.39, 0.29) is 29.5 Å². The quantitative estimate of drug-likeness (QED) is 0.395. The van der Waals surface area contributed by atoms with E-state index in [1.54, 1.807) is 4.57 Å². The fourth-order valence-electron chi connectivity index (χ4n) is 4.80. The minimum absolute atomic E-state index is 0.0446. The molecule has 0 aliphatic heterocycles. The third kappa shape index (κ3) is 4.68. The molecule has 2 atom stereocenters. The summed E-state index contributed by atoms with van der Waals surface area (Å²) in [7, 11) is 0.202. The molecule has 37 heavy (non-hydrogen) atoms. The normalized spacial score (nSPS) is 18.2. The average Bonchev–Trinajstić information content (AvgIpc) is 3.59. The fraction of sp³-hybridized carbons (Fsp3) is 0.545. The van der Waals surface area contributed by atoms with Crippen LogP contribution >= 0.6 is 11.6 Å². The number of methoxy groups -OCH3 is 3. The van der Waals surface area contributed by atoms with Gasteiger partial charge in [0.15, 0.2) is 11.5 Å². The molecule has 0 bridgehead atoms. The lowest BCUT2D eigenvalue weighted by molar-refractivity contribution is 0.0950. The number of hydrogen-bond donors (Lipinski definition) is 1. The Morgan fingerprint density at radius 3 is 2.22 bits per heavy atom. The lowest BCUT2D eigenvalue weighted by atomic mass is 9.71. The molecule has 0 radical (unpaired) electrons. The number of nitrogens with zero attached hydrogens (tertiary/aromatic N) is 7. The van der Waals surface area contributed by atoms with Gasteiger partial charge in [0.25, 0.3) is 0 Å². The van der Waals surface area contributed by atoms with E-state index in [9.17, 15) is 8.42 Å². The zero-order chi connectivity index (χ0) is 26.4. The molecule has 3 heterocycles. The second kappa shape index (κ2) is 9.65. The first-order valence-corrected chi connectivity index (χ1v) is 13.5. The van der Waals surface area contributed by atoms with Gasteiger partial charge in [0.05, 0.1) is 19.2 Å². The first-order valence-electron chi connectivity index (χ1n) is 11.6. The highest BCUT2D eigenvalue weighted by atomic mass is 35.5. The van der Waals surface area contributed by atoms with Crippen molar-refractivity contribution in [2.75, 3.05) is 26.1 Å². The summed E-state index contributed by atoms with van der Waals surface area (Å²) < 4.78 is 47.7. The van der Waals surface area contributed by atoms with Crippen molar-refractivity contribution in [3.8, 4) is 17.4 Å². The van der Waals surface area contributed by atoms with Crippen LogP contribution in [0.15, 0.2) is 18.7 Å². The molecule has 13 nitrogen and oxygen atoms in total. The smallest absolute Gasteiger partial charge is 0.245 e. The van der Waals surface area contributed by atoms with Crippen LogP contribution < -0.4 is 14.2 Å². The van der Waals surface area contributed by atoms with Gasteiger partial charge in [0, 0.05) is 25.4 Å². The Morgan fingerprint density at radius 2 is 1.68 bits per heavy atom. The van der Waals surface area contributed by atoms with Crippen LogP contribution in [0, 0.1) is 5.41 Å². The Hall–Kier alpha value is -3.10. The summed E-state index contributed by atoms with van der Waals surface area (Å²) in [5, 5.41) is 7.82. The molecule has 0 saturated heterocycles. The summed E-state index contributed by atoms with van der Waals surface area (Å²) in [4.78, 5) is 16.6. The van der Waals surface area contributed by atoms with Crippen molar-refractivity contribution in [1.29, 1.82) is 0 Å². The monoisotopic (exact) mass is 550 g/mol. The summed E-state index contributed by atoms with van der Waals surface area (Å²) in [6, 6.07) is 0. The number of rotatable bonds is 10. The van der Waals surface area contributed by atoms with E-state index < -0.39 is 21.4 Å². The van der Waals surface area contributed by atoms with E-state index in [0.717, 1.165) is 12.8 Å². The second-order valence-corrected chi connectivity index (χ2v) is 11.8. The molecule has 2 fully saturated rings. The van der Waals surface area contributed by atoms with Gasteiger partial charge in [-0.3, -0.25) is 9.29 Å². The summed E-state index contributed by atoms with van der Waals surface area (Å²) in [5.41, 5.74) is 0.681. The highest BCUT2D eigenvalue weighted by molar-refractivity contribution is 7.93. The largest absolute Gasteiger partial charge is 0.479 e. The maximum atomic E-state index is 13.6. The van der Waals surface area contributed by atoms with Crippen molar-refractivity contribution in [2.45, 2.75) is 49.9 Å². The Bertz CT molecular complexity index is 1370. The lowest BCUT2D eigenvalue weighted by Gasteiger charge is -2.35. The summed E-state index contributed by atoms with van der Waals surface area (Å²) in [6.45, 7) is 1.49. The van der Waals surface area contributed by atoms with Gasteiger partial charge >= 0.3 is 0 Å². The van der Waals surface area contributed by atoms with Gasteiger partial charge in [-0.25, -0.2) is 18.4 Å². The number of ether oxygens (including phenoxy) is 3. The number of nitrogens with one attached hydrogen (secondary N) is 1. The number of halogens is 1. The SMILES string of the molecule is COc1ncnc(OC)c1-n1c(NS(=O)(=O)C(C)C(OC)c2ncc(Cl)cn2)nnc1C1CC2(CC2)C1. The molecule has 1 spiro atoms. The van der Waals surface area contributed by atoms with Crippen LogP contribution in [-0.2, 0) is 14.8 Å². The molecule has 5 rings (SSSR count). The molecule has 2 aliphatic rings. The molecule has 198 valence electrons. The van der Waals surface area contributed by atoms with Crippen LogP contribution in [0.2, 0.25) is 5.02 Å². The Labute approximate surface area is 219 Å². The van der Waals surface area contributed by atoms with Gasteiger partial charge in [0.2, 0.25) is 27.7 Å². The molecule has 15 heteroatoms. The van der Waals surface area contributed by atoms with Crippen molar-refractivity contribution < 1.29 is 22.6 Å². The molecule has 3 aromatic rings. The molecule has 0 amide bonds. The first-order chi connectivity index (χ1) is 17.7. The Morgan fingerprint density at radius 1 is 1.05 bits per heavy atom. The third-order valence-corrected chi connectivity index (χ3v) is 8.92. The zero-order valence-corrected chi connectivity index (χ0v) is 22.3. The standard InChI is InChI=1S/C22H27ClN8O5S/c1-12(16(34-2)17-24-9-14(23)10-25-17)37(32,33)30-21-29-28-18(13-7-22(8-13)5-6-22)31(21)15-19(35-3)26-11-27-20(15)36-4/h9-13,16H,5-8H2,1-4H3,(H,29,30). The summed E-state index contributed by atoms with van der Waals surface area (Å²) in [5.74, 6) is 1.18. The van der Waals surface area contributed by atoms with Crippen molar-refractivity contribution in [1.82, 2.24) is 34.7 Å². The summed E-state index contributed by atoms with van der Waals surface area (Å²) >= 11 is 5.88. The van der Waals surface area contributed by atoms with E-state index in [1.165, 1.54) is 59.8 Å². The van der Waals surface area contributed by atoms with E-state index >= 15 is 0 Å². The van der Waals surface area contributed by atoms with Crippen molar-refractivity contribution in [3.05, 3.63) is 35.4 Å². The van der Waals surface area contributed by atoms with Gasteiger partial charge < -0.3 is 14.2 Å². The highest BCUT2D eigenvalue weighted by Gasteiger charge is 2.55. The van der Waals surface area contributed by atoms with Gasteiger partial charge in [-0.1, -0.05) is 11.6 Å². The Balaban J connectivity index is 1.54. The zero-order valence-electron chi connectivity index (χ0n) is 20.8. The number of aromatic nitrogens is 7. The second-order valence-electron chi connectivity index (χ2n) is 9.33. The number of anilines is 1. The molecule has 2 unspecified atom stereocenters. The lowest BCUT2D eigenvalue weighted by Crippen LogP contribution is -2.33. The van der Waals surface area contributed by atoms with E-state index in [2.05, 4.69) is 34.9 Å². The number of hydrogen-bond acceptors (Lipinski definition) is 11. The highest BCUT2D eigenvalue weighted by Crippen LogP contribution is 2.66. The van der Waals surface area contributed by atoms with Crippen LogP contribution in [-0.4, -0.2) is 69.7 Å². The van der Waals surface area contributed by atoms with Gasteiger partial charge in [0.1, 0.15) is 23.5 Å². The molecule has 2 saturated carbocycles. The molecule has 1 N–H and O–H groups in total. The molecule has 2 aliphatic carbocycles. The van der Waals surface area contributed by atoms with Crippen LogP contribution in [0.25, 0.3) is 5.69 Å². The van der Waals surface area contributed by atoms with Crippen molar-refractivity contribution >= 4 is 27.6 Å². The van der Waals surface area contributed by atoms with Crippen molar-refractivity contribution in [2.24, 2.45) is 5.41 Å². The molecule has 3 aromatic heterocycles. The average molecular weight is 551 g/mol. The predicted octanol–water partition coefficient (Wildman–Crippen LogP) is 2.69. The van der Waals surface area contributed by atoms with Crippen LogP contribution in [0.3, 0.4) is 0 Å². The van der Waals surface area contributed by atoms with E-state index in [4.69, 9.17) is 25.8 Å². The van der Waals surface area contributed by atoms with Gasteiger partial charge in [-0.15, -0.1) is 10.2 Å². The van der Waals surface area contributed by atoms with Gasteiger partial charge in [-0.2, -0.15) is 9.97 Å². The van der Waals surface area contributed by atoms with Crippen LogP contribution in [0.4, 0.5) is 5.95 Å². The topological polar surface area (TPSA) is 156 Å². The van der Waals surface area contributed by atoms with Crippen LogP contribution in [0.5, 0.6) is 11.8 Å². The van der Waals surface area contributed by atoms with E-state index in [1.807, 2.05) is 0 Å².